The van der Waals surface area contributed by atoms with Gasteiger partial charge in [-0.15, -0.1) is 0 Å². The Hall–Kier alpha value is -3.22. The van der Waals surface area contributed by atoms with Crippen molar-refractivity contribution in [3.8, 4) is 0 Å². The lowest BCUT2D eigenvalue weighted by Crippen LogP contribution is -2.29. The van der Waals surface area contributed by atoms with Crippen LogP contribution in [0.25, 0.3) is 0 Å². The standard InChI is InChI=1S/C21H23N3O4/c25-20(17-5-4-15-2-1-3-16(15)14-17)10-11-21(26)23-13-12-22-18-6-8-19(9-7-18)24(27)28/h4-9,14,22H,1-3,10-13H2,(H,23,26). The lowest BCUT2D eigenvalue weighted by atomic mass is 10.0. The van der Waals surface area contributed by atoms with Crippen LogP contribution in [0, 0.1) is 10.1 Å². The molecule has 146 valence electrons. The summed E-state index contributed by atoms with van der Waals surface area (Å²) in [6, 6.07) is 11.9. The molecule has 1 amide bonds. The molecule has 0 saturated carbocycles. The van der Waals surface area contributed by atoms with Crippen LogP contribution in [0.1, 0.15) is 40.7 Å². The summed E-state index contributed by atoms with van der Waals surface area (Å²) in [5, 5.41) is 16.5. The van der Waals surface area contributed by atoms with Gasteiger partial charge in [0.1, 0.15) is 0 Å². The van der Waals surface area contributed by atoms with Gasteiger partial charge in [-0.1, -0.05) is 12.1 Å². The van der Waals surface area contributed by atoms with Crippen molar-refractivity contribution in [1.82, 2.24) is 5.32 Å². The molecule has 0 aliphatic heterocycles. The van der Waals surface area contributed by atoms with Crippen LogP contribution in [0.4, 0.5) is 11.4 Å². The Balaban J connectivity index is 1.35. The first kappa shape index (κ1) is 19.5. The smallest absolute Gasteiger partial charge is 0.269 e. The Kier molecular flexibility index (Phi) is 6.37. The van der Waals surface area contributed by atoms with Crippen molar-refractivity contribution in [3.63, 3.8) is 0 Å². The predicted molar refractivity (Wildman–Crippen MR) is 107 cm³/mol. The van der Waals surface area contributed by atoms with E-state index in [1.165, 1.54) is 23.3 Å². The number of benzene rings is 2. The van der Waals surface area contributed by atoms with Gasteiger partial charge in [-0.3, -0.25) is 19.7 Å². The Morgan fingerprint density at radius 1 is 0.964 bits per heavy atom. The molecule has 0 atom stereocenters. The van der Waals surface area contributed by atoms with Crippen molar-refractivity contribution in [1.29, 1.82) is 0 Å². The van der Waals surface area contributed by atoms with Gasteiger partial charge in [-0.2, -0.15) is 0 Å². The summed E-state index contributed by atoms with van der Waals surface area (Å²) in [7, 11) is 0. The third-order valence-electron chi connectivity index (χ3n) is 4.85. The number of fused-ring (bicyclic) bond motifs is 1. The minimum Gasteiger partial charge on any atom is -0.383 e. The van der Waals surface area contributed by atoms with Gasteiger partial charge >= 0.3 is 0 Å². The molecular weight excluding hydrogens is 358 g/mol. The van der Waals surface area contributed by atoms with Crippen molar-refractivity contribution >= 4 is 23.1 Å². The van der Waals surface area contributed by atoms with Crippen LogP contribution < -0.4 is 10.6 Å². The fourth-order valence-electron chi connectivity index (χ4n) is 3.31. The highest BCUT2D eigenvalue weighted by Gasteiger charge is 2.14. The molecule has 0 radical (unpaired) electrons. The fraction of sp³-hybridized carbons (Fsp3) is 0.333. The predicted octanol–water partition coefficient (Wildman–Crippen LogP) is 3.27. The van der Waals surface area contributed by atoms with Crippen molar-refractivity contribution < 1.29 is 14.5 Å². The van der Waals surface area contributed by atoms with Crippen LogP contribution in [0.15, 0.2) is 42.5 Å². The number of hydrogen-bond acceptors (Lipinski definition) is 5. The van der Waals surface area contributed by atoms with Gasteiger partial charge in [0.25, 0.3) is 5.69 Å². The second kappa shape index (κ2) is 9.12. The maximum atomic E-state index is 12.3. The molecule has 7 heteroatoms. The average Bonchev–Trinajstić information content (AvgIpc) is 3.17. The van der Waals surface area contributed by atoms with Gasteiger partial charge in [-0.05, 0) is 48.6 Å². The molecule has 28 heavy (non-hydrogen) atoms. The van der Waals surface area contributed by atoms with E-state index in [9.17, 15) is 19.7 Å². The maximum Gasteiger partial charge on any atom is 0.269 e. The van der Waals surface area contributed by atoms with Gasteiger partial charge in [0.15, 0.2) is 5.78 Å². The highest BCUT2D eigenvalue weighted by molar-refractivity contribution is 5.98. The zero-order valence-corrected chi connectivity index (χ0v) is 15.6. The number of hydrogen-bond donors (Lipinski definition) is 2. The average molecular weight is 381 g/mol. The summed E-state index contributed by atoms with van der Waals surface area (Å²) in [5.74, 6) is -0.172. The Labute approximate surface area is 163 Å². The van der Waals surface area contributed by atoms with E-state index in [1.807, 2.05) is 18.2 Å². The molecule has 0 bridgehead atoms. The molecule has 2 aromatic rings. The molecule has 0 spiro atoms. The number of rotatable bonds is 9. The minimum absolute atomic E-state index is 0.00569. The fourth-order valence-corrected chi connectivity index (χ4v) is 3.31. The number of ketones is 1. The minimum atomic E-state index is -0.450. The number of nitro benzene ring substituents is 1. The molecule has 7 nitrogen and oxygen atoms in total. The largest absolute Gasteiger partial charge is 0.383 e. The first-order valence-electron chi connectivity index (χ1n) is 9.43. The van der Waals surface area contributed by atoms with Crippen molar-refractivity contribution in [2.24, 2.45) is 0 Å². The number of anilines is 1. The monoisotopic (exact) mass is 381 g/mol. The second-order valence-corrected chi connectivity index (χ2v) is 6.84. The Morgan fingerprint density at radius 2 is 1.71 bits per heavy atom. The molecule has 0 fully saturated rings. The number of nitro groups is 1. The van der Waals surface area contributed by atoms with E-state index in [0.29, 0.717) is 18.7 Å². The molecule has 2 aromatic carbocycles. The summed E-state index contributed by atoms with van der Waals surface area (Å²) in [6.07, 6.45) is 3.61. The highest BCUT2D eigenvalue weighted by atomic mass is 16.6. The molecule has 2 N–H and O–H groups in total. The summed E-state index contributed by atoms with van der Waals surface area (Å²) >= 11 is 0. The molecule has 0 saturated heterocycles. The van der Waals surface area contributed by atoms with E-state index in [4.69, 9.17) is 0 Å². The van der Waals surface area contributed by atoms with Gasteiger partial charge in [-0.25, -0.2) is 0 Å². The lowest BCUT2D eigenvalue weighted by molar-refractivity contribution is -0.384. The van der Waals surface area contributed by atoms with E-state index in [1.54, 1.807) is 12.1 Å². The number of aryl methyl sites for hydroxylation is 2. The number of amides is 1. The highest BCUT2D eigenvalue weighted by Crippen LogP contribution is 2.23. The van der Waals surface area contributed by atoms with Gasteiger partial charge < -0.3 is 10.6 Å². The van der Waals surface area contributed by atoms with Gasteiger partial charge in [0, 0.05) is 49.3 Å². The van der Waals surface area contributed by atoms with Crippen LogP contribution in [0.3, 0.4) is 0 Å². The van der Waals surface area contributed by atoms with Crippen LogP contribution in [0.5, 0.6) is 0 Å². The van der Waals surface area contributed by atoms with Gasteiger partial charge in [0.05, 0.1) is 4.92 Å². The molecule has 1 aliphatic carbocycles. The van der Waals surface area contributed by atoms with Crippen LogP contribution in [0.2, 0.25) is 0 Å². The Morgan fingerprint density at radius 3 is 2.46 bits per heavy atom. The summed E-state index contributed by atoms with van der Waals surface area (Å²) in [6.45, 7) is 0.894. The van der Waals surface area contributed by atoms with Crippen molar-refractivity contribution in [2.45, 2.75) is 32.1 Å². The first-order chi connectivity index (χ1) is 13.5. The topological polar surface area (TPSA) is 101 Å². The first-order valence-corrected chi connectivity index (χ1v) is 9.43. The van der Waals surface area contributed by atoms with E-state index in [0.717, 1.165) is 24.9 Å². The van der Waals surface area contributed by atoms with E-state index in [-0.39, 0.29) is 30.2 Å². The quantitative estimate of drug-likeness (QED) is 0.300. The van der Waals surface area contributed by atoms with E-state index >= 15 is 0 Å². The number of non-ortho nitro benzene ring substituents is 1. The molecule has 0 unspecified atom stereocenters. The second-order valence-electron chi connectivity index (χ2n) is 6.84. The molecule has 1 aliphatic rings. The van der Waals surface area contributed by atoms with E-state index in [2.05, 4.69) is 10.6 Å². The molecule has 0 aromatic heterocycles. The van der Waals surface area contributed by atoms with Gasteiger partial charge in [0.2, 0.25) is 5.91 Å². The van der Waals surface area contributed by atoms with Crippen molar-refractivity contribution in [2.75, 3.05) is 18.4 Å². The zero-order chi connectivity index (χ0) is 19.9. The number of carbonyl (C=O) groups is 2. The van der Waals surface area contributed by atoms with Crippen LogP contribution in [-0.2, 0) is 17.6 Å². The molecular formula is C21H23N3O4. The maximum absolute atomic E-state index is 12.3. The number of carbonyl (C=O) groups excluding carboxylic acids is 2. The number of nitrogens with one attached hydrogen (secondary N) is 2. The Bertz CT molecular complexity index is 878. The summed E-state index contributed by atoms with van der Waals surface area (Å²) in [5.41, 5.74) is 4.05. The summed E-state index contributed by atoms with van der Waals surface area (Å²) in [4.78, 5) is 34.4. The number of Topliss-reactive ketones (excluding diaryl/α,β-unsaturated/α-hetero) is 1. The molecule has 3 rings (SSSR count). The van der Waals surface area contributed by atoms with Crippen LogP contribution >= 0.6 is 0 Å². The summed E-state index contributed by atoms with van der Waals surface area (Å²) < 4.78 is 0. The lowest BCUT2D eigenvalue weighted by Gasteiger charge is -2.08. The SMILES string of the molecule is O=C(CCC(=O)c1ccc2c(c1)CCC2)NCCNc1ccc([N+](=O)[O-])cc1. The number of nitrogens with zero attached hydrogens (tertiary/aromatic N) is 1. The zero-order valence-electron chi connectivity index (χ0n) is 15.6. The normalized spacial score (nSPS) is 12.3. The third kappa shape index (κ3) is 5.16. The van der Waals surface area contributed by atoms with Crippen LogP contribution in [-0.4, -0.2) is 29.7 Å². The molecule has 0 heterocycles. The van der Waals surface area contributed by atoms with E-state index < -0.39 is 4.92 Å². The van der Waals surface area contributed by atoms with Crippen molar-refractivity contribution in [3.05, 3.63) is 69.3 Å². The third-order valence-corrected chi connectivity index (χ3v) is 4.85.